The number of nitrogens with one attached hydrogen (secondary N) is 1. The zero-order valence-corrected chi connectivity index (χ0v) is 19.9. The number of carbonyl (C=O) groups is 1. The Hall–Kier alpha value is -3.43. The lowest BCUT2D eigenvalue weighted by Crippen LogP contribution is -2.51. The quantitative estimate of drug-likeness (QED) is 0.474. The molecule has 3 aromatic carbocycles. The number of fused-ring (bicyclic) bond motifs is 1. The molecule has 1 aliphatic heterocycles. The van der Waals surface area contributed by atoms with Crippen molar-refractivity contribution < 1.29 is 27.4 Å². The van der Waals surface area contributed by atoms with Crippen LogP contribution in [0.15, 0.2) is 77.7 Å². The predicted octanol–water partition coefficient (Wildman–Crippen LogP) is 3.50. The van der Waals surface area contributed by atoms with Crippen molar-refractivity contribution in [2.45, 2.75) is 11.0 Å². The Morgan fingerprint density at radius 2 is 1.79 bits per heavy atom. The molecule has 1 amide bonds. The molecule has 1 aliphatic rings. The van der Waals surface area contributed by atoms with E-state index in [2.05, 4.69) is 5.32 Å². The molecular formula is C24H23ClN2O6S. The standard InChI is InChI=1S/C24H23ClN2O6S/c1-31-21-9-5-6-10-22(21)32-14-13-26-24(28)23-16-27(19-15-17(25)11-12-20(19)33-23)34(29,30)18-7-3-2-4-8-18/h2-12,15,23H,13-14,16H2,1H3,(H,26,28)/t23-/m0/s1. The van der Waals surface area contributed by atoms with Crippen LogP contribution in [0.25, 0.3) is 0 Å². The molecule has 1 heterocycles. The van der Waals surface area contributed by atoms with Gasteiger partial charge < -0.3 is 19.5 Å². The Morgan fingerprint density at radius 3 is 2.53 bits per heavy atom. The molecule has 0 spiro atoms. The van der Waals surface area contributed by atoms with E-state index in [0.717, 1.165) is 4.31 Å². The van der Waals surface area contributed by atoms with Gasteiger partial charge in [0.2, 0.25) is 0 Å². The molecule has 0 aliphatic carbocycles. The molecule has 0 bridgehead atoms. The van der Waals surface area contributed by atoms with Crippen molar-refractivity contribution in [1.82, 2.24) is 5.32 Å². The summed E-state index contributed by atoms with van der Waals surface area (Å²) in [6.07, 6.45) is -1.06. The van der Waals surface area contributed by atoms with Crippen LogP contribution in [0, 0.1) is 0 Å². The maximum Gasteiger partial charge on any atom is 0.264 e. The fourth-order valence-electron chi connectivity index (χ4n) is 3.50. The van der Waals surface area contributed by atoms with Crippen LogP contribution in [0.5, 0.6) is 17.2 Å². The lowest BCUT2D eigenvalue weighted by molar-refractivity contribution is -0.127. The van der Waals surface area contributed by atoms with Crippen LogP contribution in [-0.4, -0.2) is 47.2 Å². The first-order valence-corrected chi connectivity index (χ1v) is 12.3. The number of anilines is 1. The number of methoxy groups -OCH3 is 1. The Labute approximate surface area is 203 Å². The number of para-hydroxylation sites is 2. The van der Waals surface area contributed by atoms with Crippen molar-refractivity contribution in [3.8, 4) is 17.2 Å². The number of sulfonamides is 1. The molecule has 1 atom stereocenters. The summed E-state index contributed by atoms with van der Waals surface area (Å²) < 4.78 is 44.6. The van der Waals surface area contributed by atoms with Crippen molar-refractivity contribution in [2.75, 3.05) is 31.1 Å². The van der Waals surface area contributed by atoms with Gasteiger partial charge in [-0.2, -0.15) is 0 Å². The molecule has 0 aromatic heterocycles. The van der Waals surface area contributed by atoms with E-state index in [0.29, 0.717) is 16.5 Å². The van der Waals surface area contributed by atoms with Crippen LogP contribution in [0.2, 0.25) is 5.02 Å². The highest BCUT2D eigenvalue weighted by atomic mass is 35.5. The normalized spacial score (nSPS) is 15.1. The molecule has 3 aromatic rings. The molecule has 10 heteroatoms. The molecule has 0 saturated carbocycles. The summed E-state index contributed by atoms with van der Waals surface area (Å²) in [6, 6.07) is 19.8. The summed E-state index contributed by atoms with van der Waals surface area (Å²) in [6.45, 7) is 0.177. The Kier molecular flexibility index (Phi) is 7.14. The molecule has 178 valence electrons. The maximum atomic E-state index is 13.4. The average Bonchev–Trinajstić information content (AvgIpc) is 2.86. The van der Waals surface area contributed by atoms with Gasteiger partial charge in [0.1, 0.15) is 12.4 Å². The van der Waals surface area contributed by atoms with Gasteiger partial charge in [-0.25, -0.2) is 8.42 Å². The van der Waals surface area contributed by atoms with Crippen LogP contribution in [0.1, 0.15) is 0 Å². The maximum absolute atomic E-state index is 13.4. The van der Waals surface area contributed by atoms with Crippen molar-refractivity contribution in [3.05, 3.63) is 77.8 Å². The minimum absolute atomic E-state index is 0.104. The lowest BCUT2D eigenvalue weighted by Gasteiger charge is -2.34. The molecule has 4 rings (SSSR count). The van der Waals surface area contributed by atoms with Crippen molar-refractivity contribution >= 4 is 33.2 Å². The van der Waals surface area contributed by atoms with Crippen LogP contribution in [0.3, 0.4) is 0 Å². The van der Waals surface area contributed by atoms with E-state index in [-0.39, 0.29) is 36.0 Å². The number of benzene rings is 3. The van der Waals surface area contributed by atoms with Gasteiger partial charge in [-0.3, -0.25) is 9.10 Å². The predicted molar refractivity (Wildman–Crippen MR) is 128 cm³/mol. The Bertz CT molecular complexity index is 1270. The van der Waals surface area contributed by atoms with Crippen LogP contribution in [-0.2, 0) is 14.8 Å². The monoisotopic (exact) mass is 502 g/mol. The summed E-state index contributed by atoms with van der Waals surface area (Å²) in [5, 5.41) is 3.09. The molecule has 34 heavy (non-hydrogen) atoms. The first-order valence-electron chi connectivity index (χ1n) is 10.5. The van der Waals surface area contributed by atoms with E-state index in [4.69, 9.17) is 25.8 Å². The van der Waals surface area contributed by atoms with Gasteiger partial charge in [0.05, 0.1) is 30.8 Å². The molecule has 0 radical (unpaired) electrons. The third-order valence-electron chi connectivity index (χ3n) is 5.14. The van der Waals surface area contributed by atoms with Gasteiger partial charge in [-0.15, -0.1) is 0 Å². The second-order valence-corrected chi connectivity index (χ2v) is 9.66. The van der Waals surface area contributed by atoms with Crippen molar-refractivity contribution in [2.24, 2.45) is 0 Å². The van der Waals surface area contributed by atoms with E-state index in [1.165, 1.54) is 18.2 Å². The van der Waals surface area contributed by atoms with E-state index in [9.17, 15) is 13.2 Å². The molecule has 0 unspecified atom stereocenters. The van der Waals surface area contributed by atoms with Crippen LogP contribution < -0.4 is 23.8 Å². The Morgan fingerprint density at radius 1 is 1.09 bits per heavy atom. The summed E-state index contributed by atoms with van der Waals surface area (Å²) in [5.74, 6) is 0.929. The minimum atomic E-state index is -3.95. The van der Waals surface area contributed by atoms with Crippen molar-refractivity contribution in [1.29, 1.82) is 0 Å². The fourth-order valence-corrected chi connectivity index (χ4v) is 5.15. The zero-order valence-electron chi connectivity index (χ0n) is 18.3. The number of hydrogen-bond donors (Lipinski definition) is 1. The van der Waals surface area contributed by atoms with E-state index in [1.807, 2.05) is 12.1 Å². The highest BCUT2D eigenvalue weighted by Crippen LogP contribution is 2.38. The van der Waals surface area contributed by atoms with Gasteiger partial charge in [0.25, 0.3) is 15.9 Å². The molecule has 8 nitrogen and oxygen atoms in total. The second-order valence-electron chi connectivity index (χ2n) is 7.36. The topological polar surface area (TPSA) is 94.2 Å². The highest BCUT2D eigenvalue weighted by molar-refractivity contribution is 7.92. The highest BCUT2D eigenvalue weighted by Gasteiger charge is 2.37. The summed E-state index contributed by atoms with van der Waals surface area (Å²) in [5.41, 5.74) is 0.278. The number of carbonyl (C=O) groups excluding carboxylic acids is 1. The van der Waals surface area contributed by atoms with E-state index >= 15 is 0 Å². The smallest absolute Gasteiger partial charge is 0.264 e. The third kappa shape index (κ3) is 5.05. The number of nitrogens with zero attached hydrogens (tertiary/aromatic N) is 1. The fraction of sp³-hybridized carbons (Fsp3) is 0.208. The summed E-state index contributed by atoms with van der Waals surface area (Å²) in [4.78, 5) is 13.0. The number of rotatable bonds is 8. The SMILES string of the molecule is COc1ccccc1OCCNC(=O)[C@@H]1CN(S(=O)(=O)c2ccccc2)c2cc(Cl)ccc2O1. The van der Waals surface area contributed by atoms with Gasteiger partial charge in [-0.05, 0) is 42.5 Å². The van der Waals surface area contributed by atoms with Gasteiger partial charge in [0, 0.05) is 5.02 Å². The van der Waals surface area contributed by atoms with Gasteiger partial charge in [0.15, 0.2) is 17.6 Å². The first kappa shape index (κ1) is 23.7. The number of amides is 1. The van der Waals surface area contributed by atoms with Crippen LogP contribution >= 0.6 is 11.6 Å². The number of halogens is 1. The van der Waals surface area contributed by atoms with Gasteiger partial charge >= 0.3 is 0 Å². The zero-order chi connectivity index (χ0) is 24.1. The molecule has 0 saturated heterocycles. The second kappa shape index (κ2) is 10.2. The third-order valence-corrected chi connectivity index (χ3v) is 7.17. The van der Waals surface area contributed by atoms with Crippen LogP contribution in [0.4, 0.5) is 5.69 Å². The van der Waals surface area contributed by atoms with E-state index < -0.39 is 22.0 Å². The van der Waals surface area contributed by atoms with Gasteiger partial charge in [-0.1, -0.05) is 41.9 Å². The minimum Gasteiger partial charge on any atom is -0.493 e. The van der Waals surface area contributed by atoms with Crippen molar-refractivity contribution in [3.63, 3.8) is 0 Å². The lowest BCUT2D eigenvalue weighted by atomic mass is 10.2. The molecular weight excluding hydrogens is 480 g/mol. The summed E-state index contributed by atoms with van der Waals surface area (Å²) in [7, 11) is -2.41. The Balaban J connectivity index is 1.47. The average molecular weight is 503 g/mol. The first-order chi connectivity index (χ1) is 16.4. The molecule has 1 N–H and O–H groups in total. The number of hydrogen-bond acceptors (Lipinski definition) is 6. The van der Waals surface area contributed by atoms with E-state index in [1.54, 1.807) is 49.6 Å². The molecule has 0 fully saturated rings. The summed E-state index contributed by atoms with van der Waals surface area (Å²) >= 11 is 6.11. The largest absolute Gasteiger partial charge is 0.493 e. The number of ether oxygens (including phenoxy) is 3.